The molecule has 2 aliphatic rings. The van der Waals surface area contributed by atoms with Crippen LogP contribution in [0.15, 0.2) is 59.6 Å². The molecule has 0 atom stereocenters. The molecule has 3 aromatic carbocycles. The molecule has 4 aromatic rings. The standard InChI is InChI=1S/C35H36N2/c1-8-25-29-18-23-11-9-10-12-26(23)33(29)36-30(25)19-31-27-14-13-20(2)15-28(27)34(37-31)32-21(3)16-24(17-22(32)4)35(5,6)7/h9-17,19,36H,8,18H2,1-7H3. The Morgan fingerprint density at radius 1 is 0.892 bits per heavy atom. The molecule has 186 valence electrons. The van der Waals surface area contributed by atoms with Crippen molar-refractivity contribution < 1.29 is 0 Å². The van der Waals surface area contributed by atoms with Gasteiger partial charge in [-0.3, -0.25) is 0 Å². The number of H-pyrrole nitrogens is 1. The van der Waals surface area contributed by atoms with Gasteiger partial charge >= 0.3 is 0 Å². The zero-order chi connectivity index (χ0) is 26.1. The van der Waals surface area contributed by atoms with Crippen molar-refractivity contribution in [1.82, 2.24) is 4.98 Å². The van der Waals surface area contributed by atoms with Gasteiger partial charge in [0, 0.05) is 40.1 Å². The summed E-state index contributed by atoms with van der Waals surface area (Å²) in [6.07, 6.45) is 4.30. The predicted octanol–water partition coefficient (Wildman–Crippen LogP) is 8.72. The highest BCUT2D eigenvalue weighted by Gasteiger charge is 2.28. The Morgan fingerprint density at radius 2 is 1.62 bits per heavy atom. The van der Waals surface area contributed by atoms with Crippen molar-refractivity contribution in [2.45, 2.75) is 66.7 Å². The summed E-state index contributed by atoms with van der Waals surface area (Å²) in [6.45, 7) is 15.8. The summed E-state index contributed by atoms with van der Waals surface area (Å²) in [4.78, 5) is 9.13. The van der Waals surface area contributed by atoms with Crippen LogP contribution < -0.4 is 0 Å². The average Bonchev–Trinajstić information content (AvgIpc) is 3.48. The van der Waals surface area contributed by atoms with Crippen LogP contribution >= 0.6 is 0 Å². The van der Waals surface area contributed by atoms with E-state index < -0.39 is 0 Å². The SMILES string of the molecule is CCc1c(C=C2N=C(c3c(C)cc(C(C)(C)C)cc3C)c3cc(C)ccc32)[nH]c2c1Cc1ccccc1-2. The van der Waals surface area contributed by atoms with Gasteiger partial charge in [0.2, 0.25) is 0 Å². The van der Waals surface area contributed by atoms with E-state index in [2.05, 4.69) is 114 Å². The average molecular weight is 485 g/mol. The number of aromatic amines is 1. The van der Waals surface area contributed by atoms with Crippen molar-refractivity contribution in [3.8, 4) is 11.3 Å². The van der Waals surface area contributed by atoms with Gasteiger partial charge in [-0.15, -0.1) is 0 Å². The molecule has 0 saturated carbocycles. The van der Waals surface area contributed by atoms with Crippen molar-refractivity contribution in [2.75, 3.05) is 0 Å². The summed E-state index contributed by atoms with van der Waals surface area (Å²) < 4.78 is 0. The Hall–Kier alpha value is -3.65. The van der Waals surface area contributed by atoms with E-state index >= 15 is 0 Å². The highest BCUT2D eigenvalue weighted by atomic mass is 14.8. The van der Waals surface area contributed by atoms with Gasteiger partial charge in [-0.25, -0.2) is 4.99 Å². The summed E-state index contributed by atoms with van der Waals surface area (Å²) in [5.74, 6) is 0. The first kappa shape index (κ1) is 23.7. The van der Waals surface area contributed by atoms with Crippen molar-refractivity contribution in [2.24, 2.45) is 4.99 Å². The van der Waals surface area contributed by atoms with Gasteiger partial charge < -0.3 is 4.98 Å². The highest BCUT2D eigenvalue weighted by molar-refractivity contribution is 6.22. The number of fused-ring (bicyclic) bond motifs is 4. The van der Waals surface area contributed by atoms with Gasteiger partial charge in [0.15, 0.2) is 0 Å². The van der Waals surface area contributed by atoms with Crippen LogP contribution in [0.1, 0.15) is 89.0 Å². The third-order valence-corrected chi connectivity index (χ3v) is 8.11. The number of hydrogen-bond acceptors (Lipinski definition) is 1. The normalized spacial score (nSPS) is 15.1. The third kappa shape index (κ3) is 3.82. The lowest BCUT2D eigenvalue weighted by atomic mass is 9.82. The largest absolute Gasteiger partial charge is 0.354 e. The molecule has 0 radical (unpaired) electrons. The van der Waals surface area contributed by atoms with E-state index in [4.69, 9.17) is 4.99 Å². The first-order valence-corrected chi connectivity index (χ1v) is 13.5. The van der Waals surface area contributed by atoms with Crippen LogP contribution in [0.3, 0.4) is 0 Å². The molecule has 1 aromatic heterocycles. The van der Waals surface area contributed by atoms with E-state index in [0.29, 0.717) is 0 Å². The number of nitrogens with one attached hydrogen (secondary N) is 1. The van der Waals surface area contributed by atoms with Crippen LogP contribution in [0.4, 0.5) is 0 Å². The maximum Gasteiger partial charge on any atom is 0.0794 e. The van der Waals surface area contributed by atoms with Gasteiger partial charge in [-0.2, -0.15) is 0 Å². The Kier molecular flexibility index (Phi) is 5.42. The molecule has 0 saturated heterocycles. The smallest absolute Gasteiger partial charge is 0.0794 e. The van der Waals surface area contributed by atoms with Crippen molar-refractivity contribution in [3.05, 3.63) is 116 Å². The molecule has 1 aliphatic carbocycles. The highest BCUT2D eigenvalue weighted by Crippen LogP contribution is 2.42. The summed E-state index contributed by atoms with van der Waals surface area (Å²) in [6, 6.07) is 20.2. The number of aryl methyl sites for hydroxylation is 3. The van der Waals surface area contributed by atoms with Gasteiger partial charge in [0.25, 0.3) is 0 Å². The second-order valence-corrected chi connectivity index (χ2v) is 11.8. The van der Waals surface area contributed by atoms with Gasteiger partial charge in [-0.1, -0.05) is 81.8 Å². The summed E-state index contributed by atoms with van der Waals surface area (Å²) in [5.41, 5.74) is 19.3. The number of aliphatic imine (C=N–C) groups is 1. The fraction of sp³-hybridized carbons (Fsp3) is 0.286. The first-order valence-electron chi connectivity index (χ1n) is 13.5. The maximum absolute atomic E-state index is 5.34. The monoisotopic (exact) mass is 484 g/mol. The number of benzene rings is 3. The van der Waals surface area contributed by atoms with E-state index in [1.807, 2.05) is 0 Å². The third-order valence-electron chi connectivity index (χ3n) is 8.11. The predicted molar refractivity (Wildman–Crippen MR) is 158 cm³/mol. The van der Waals surface area contributed by atoms with Crippen molar-refractivity contribution in [1.29, 1.82) is 0 Å². The quantitative estimate of drug-likeness (QED) is 0.265. The van der Waals surface area contributed by atoms with Crippen LogP contribution in [-0.4, -0.2) is 10.7 Å². The van der Waals surface area contributed by atoms with Gasteiger partial charge in [0.05, 0.1) is 11.4 Å². The van der Waals surface area contributed by atoms with E-state index in [0.717, 1.165) is 24.3 Å². The molecule has 2 heteroatoms. The molecule has 1 aliphatic heterocycles. The molecule has 2 nitrogen and oxygen atoms in total. The molecular formula is C35H36N2. The molecule has 0 bridgehead atoms. The molecule has 0 unspecified atom stereocenters. The van der Waals surface area contributed by atoms with Crippen LogP contribution in [0.5, 0.6) is 0 Å². The minimum absolute atomic E-state index is 0.119. The van der Waals surface area contributed by atoms with Crippen LogP contribution in [0.25, 0.3) is 23.0 Å². The molecular weight excluding hydrogens is 448 g/mol. The zero-order valence-electron chi connectivity index (χ0n) is 23.1. The second-order valence-electron chi connectivity index (χ2n) is 11.8. The van der Waals surface area contributed by atoms with Crippen LogP contribution in [0.2, 0.25) is 0 Å². The van der Waals surface area contributed by atoms with E-state index in [1.54, 1.807) is 0 Å². The number of rotatable bonds is 3. The Labute approximate surface area is 221 Å². The number of hydrogen-bond donors (Lipinski definition) is 1. The zero-order valence-corrected chi connectivity index (χ0v) is 23.1. The lowest BCUT2D eigenvalue weighted by Gasteiger charge is -2.22. The first-order chi connectivity index (χ1) is 17.7. The van der Waals surface area contributed by atoms with Crippen molar-refractivity contribution >= 4 is 17.5 Å². The molecule has 1 N–H and O–H groups in total. The molecule has 0 amide bonds. The molecule has 6 rings (SSSR count). The summed E-state index contributed by atoms with van der Waals surface area (Å²) in [7, 11) is 0. The second kappa shape index (κ2) is 8.45. The van der Waals surface area contributed by atoms with E-state index in [1.165, 1.54) is 72.6 Å². The van der Waals surface area contributed by atoms with Crippen molar-refractivity contribution in [3.63, 3.8) is 0 Å². The maximum atomic E-state index is 5.34. The fourth-order valence-corrected chi connectivity index (χ4v) is 6.19. The number of nitrogens with zero attached hydrogens (tertiary/aromatic N) is 1. The van der Waals surface area contributed by atoms with Gasteiger partial charge in [0.1, 0.15) is 0 Å². The van der Waals surface area contributed by atoms with Gasteiger partial charge in [-0.05, 0) is 78.1 Å². The molecule has 2 heterocycles. The summed E-state index contributed by atoms with van der Waals surface area (Å²) >= 11 is 0. The lowest BCUT2D eigenvalue weighted by Crippen LogP contribution is -2.14. The Balaban J connectivity index is 1.52. The van der Waals surface area contributed by atoms with E-state index in [-0.39, 0.29) is 5.41 Å². The minimum Gasteiger partial charge on any atom is -0.354 e. The molecule has 37 heavy (non-hydrogen) atoms. The fourth-order valence-electron chi connectivity index (χ4n) is 6.19. The number of aromatic nitrogens is 1. The Bertz CT molecular complexity index is 1610. The van der Waals surface area contributed by atoms with Crippen LogP contribution in [0, 0.1) is 20.8 Å². The van der Waals surface area contributed by atoms with E-state index in [9.17, 15) is 0 Å². The minimum atomic E-state index is 0.119. The molecule has 0 spiro atoms. The molecule has 0 fully saturated rings. The Morgan fingerprint density at radius 3 is 2.32 bits per heavy atom. The summed E-state index contributed by atoms with van der Waals surface area (Å²) in [5, 5.41) is 0. The lowest BCUT2D eigenvalue weighted by molar-refractivity contribution is 0.589. The van der Waals surface area contributed by atoms with Crippen LogP contribution in [-0.2, 0) is 18.3 Å². The topological polar surface area (TPSA) is 28.1 Å².